The van der Waals surface area contributed by atoms with Gasteiger partial charge in [0, 0.05) is 29.8 Å². The largest absolute Gasteiger partial charge is 0.323 e. The molecule has 0 amide bonds. The zero-order valence-corrected chi connectivity index (χ0v) is 11.0. The Bertz CT molecular complexity index is 456. The van der Waals surface area contributed by atoms with Crippen LogP contribution in [0.15, 0.2) is 27.6 Å². The molecule has 0 radical (unpaired) electrons. The molecule has 2 bridgehead atoms. The molecule has 3 aliphatic rings. The van der Waals surface area contributed by atoms with Gasteiger partial charge in [0.25, 0.3) is 0 Å². The Morgan fingerprint density at radius 2 is 2.11 bits per heavy atom. The number of nitrogens with two attached hydrogens (primary N) is 1. The van der Waals surface area contributed by atoms with Crippen LogP contribution in [0.4, 0.5) is 0 Å². The average Bonchev–Trinajstić information content (AvgIpc) is 2.37. The van der Waals surface area contributed by atoms with E-state index in [0.717, 1.165) is 17.8 Å². The summed E-state index contributed by atoms with van der Waals surface area (Å²) in [4.78, 5) is 0. The van der Waals surface area contributed by atoms with Crippen molar-refractivity contribution in [2.75, 3.05) is 0 Å². The molecule has 1 saturated heterocycles. The van der Waals surface area contributed by atoms with E-state index in [1.54, 1.807) is 0 Å². The van der Waals surface area contributed by atoms with Crippen LogP contribution in [0.1, 0.15) is 39.5 Å². The van der Waals surface area contributed by atoms with E-state index in [9.17, 15) is 0 Å². The van der Waals surface area contributed by atoms with Crippen molar-refractivity contribution in [3.05, 3.63) is 22.5 Å². The number of hydrazine groups is 1. The lowest BCUT2D eigenvalue weighted by atomic mass is 9.81. The van der Waals surface area contributed by atoms with Gasteiger partial charge in [-0.05, 0) is 38.7 Å². The lowest BCUT2D eigenvalue weighted by Gasteiger charge is -2.42. The van der Waals surface area contributed by atoms with E-state index in [-0.39, 0.29) is 0 Å². The predicted molar refractivity (Wildman–Crippen MR) is 72.5 cm³/mol. The summed E-state index contributed by atoms with van der Waals surface area (Å²) in [6, 6.07) is 1.00. The first-order valence-electron chi connectivity index (χ1n) is 6.68. The molecule has 0 aromatic heterocycles. The highest BCUT2D eigenvalue weighted by Gasteiger charge is 2.37. The monoisotopic (exact) mass is 247 g/mol. The molecule has 5 N–H and O–H groups in total. The molecule has 3 rings (SSSR count). The molecule has 0 saturated carbocycles. The molecule has 3 heterocycles. The summed E-state index contributed by atoms with van der Waals surface area (Å²) >= 11 is 0. The van der Waals surface area contributed by atoms with Crippen LogP contribution < -0.4 is 22.0 Å². The summed E-state index contributed by atoms with van der Waals surface area (Å²) in [6.45, 7) is 4.14. The van der Waals surface area contributed by atoms with Crippen molar-refractivity contribution in [2.24, 2.45) is 10.9 Å². The zero-order chi connectivity index (χ0) is 12.7. The summed E-state index contributed by atoms with van der Waals surface area (Å²) in [6.07, 6.45) is 4.76. The number of piperidine rings is 1. The minimum Gasteiger partial charge on any atom is -0.323 e. The molecule has 5 nitrogen and oxygen atoms in total. The van der Waals surface area contributed by atoms with Gasteiger partial charge in [0.2, 0.25) is 0 Å². The number of fused-ring (bicyclic) bond motifs is 3. The van der Waals surface area contributed by atoms with Crippen molar-refractivity contribution in [3.63, 3.8) is 0 Å². The van der Waals surface area contributed by atoms with Gasteiger partial charge in [-0.15, -0.1) is 0 Å². The summed E-state index contributed by atoms with van der Waals surface area (Å²) in [5, 5.41) is 7.73. The van der Waals surface area contributed by atoms with E-state index in [1.807, 2.05) is 0 Å². The maximum absolute atomic E-state index is 5.63. The fraction of sp³-hybridized carbons (Fsp3) is 0.615. The third-order valence-corrected chi connectivity index (χ3v) is 4.07. The highest BCUT2D eigenvalue weighted by atomic mass is 15.4. The van der Waals surface area contributed by atoms with Gasteiger partial charge in [-0.2, -0.15) is 5.10 Å². The van der Waals surface area contributed by atoms with Crippen LogP contribution >= 0.6 is 0 Å². The molecule has 0 aromatic carbocycles. The van der Waals surface area contributed by atoms with E-state index in [1.165, 1.54) is 36.1 Å². The van der Waals surface area contributed by atoms with Gasteiger partial charge < -0.3 is 16.6 Å². The Balaban J connectivity index is 2.06. The number of nitrogens with one attached hydrogen (secondary N) is 3. The Kier molecular flexibility index (Phi) is 2.78. The predicted octanol–water partition coefficient (Wildman–Crippen LogP) is 0.871. The third-order valence-electron chi connectivity index (χ3n) is 4.07. The molecular weight excluding hydrogens is 226 g/mol. The van der Waals surface area contributed by atoms with Crippen LogP contribution in [0.25, 0.3) is 0 Å². The van der Waals surface area contributed by atoms with E-state index in [2.05, 4.69) is 35.1 Å². The van der Waals surface area contributed by atoms with Crippen molar-refractivity contribution in [3.8, 4) is 0 Å². The van der Waals surface area contributed by atoms with Crippen LogP contribution in [0.5, 0.6) is 0 Å². The molecule has 5 heteroatoms. The number of nitrogens with zero attached hydrogens (tertiary/aromatic N) is 1. The molecule has 0 aliphatic carbocycles. The molecule has 2 unspecified atom stereocenters. The average molecular weight is 247 g/mol. The van der Waals surface area contributed by atoms with E-state index in [4.69, 9.17) is 5.84 Å². The van der Waals surface area contributed by atoms with E-state index < -0.39 is 0 Å². The molecule has 3 aliphatic heterocycles. The highest BCUT2D eigenvalue weighted by Crippen LogP contribution is 2.33. The quantitative estimate of drug-likeness (QED) is 0.378. The fourth-order valence-electron chi connectivity index (χ4n) is 3.23. The van der Waals surface area contributed by atoms with Crippen LogP contribution in [0, 0.1) is 0 Å². The van der Waals surface area contributed by atoms with Crippen LogP contribution in [0.2, 0.25) is 0 Å². The SMILES string of the molecule is CC(C)=C1NNC2=C(C1=NN)C1CCCC(C2)N1. The maximum atomic E-state index is 5.63. The number of allylic oxidation sites excluding steroid dienone is 2. The number of hydrogen-bond donors (Lipinski definition) is 4. The van der Waals surface area contributed by atoms with Crippen LogP contribution in [-0.2, 0) is 0 Å². The second-order valence-corrected chi connectivity index (χ2v) is 5.55. The Labute approximate surface area is 108 Å². The first-order valence-corrected chi connectivity index (χ1v) is 6.68. The summed E-state index contributed by atoms with van der Waals surface area (Å²) < 4.78 is 0. The summed E-state index contributed by atoms with van der Waals surface area (Å²) in [5.74, 6) is 5.63. The van der Waals surface area contributed by atoms with E-state index in [0.29, 0.717) is 12.1 Å². The van der Waals surface area contributed by atoms with Gasteiger partial charge in [0.1, 0.15) is 5.71 Å². The minimum atomic E-state index is 0.402. The zero-order valence-electron chi connectivity index (χ0n) is 11.0. The van der Waals surface area contributed by atoms with Crippen molar-refractivity contribution in [2.45, 2.75) is 51.6 Å². The van der Waals surface area contributed by atoms with E-state index >= 15 is 0 Å². The van der Waals surface area contributed by atoms with Crippen molar-refractivity contribution in [1.82, 2.24) is 16.2 Å². The van der Waals surface area contributed by atoms with Crippen LogP contribution in [0.3, 0.4) is 0 Å². The van der Waals surface area contributed by atoms with Gasteiger partial charge in [-0.1, -0.05) is 0 Å². The Hall–Kier alpha value is -1.49. The maximum Gasteiger partial charge on any atom is 0.114 e. The molecule has 1 fully saturated rings. The highest BCUT2D eigenvalue weighted by molar-refractivity contribution is 6.14. The first kappa shape index (κ1) is 11.6. The second-order valence-electron chi connectivity index (χ2n) is 5.55. The Morgan fingerprint density at radius 3 is 2.83 bits per heavy atom. The van der Waals surface area contributed by atoms with Gasteiger partial charge in [0.15, 0.2) is 0 Å². The molecule has 98 valence electrons. The number of hydrogen-bond acceptors (Lipinski definition) is 5. The van der Waals surface area contributed by atoms with Crippen molar-refractivity contribution >= 4 is 5.71 Å². The summed E-state index contributed by atoms with van der Waals surface area (Å²) in [7, 11) is 0. The first-order chi connectivity index (χ1) is 8.70. The standard InChI is InChI=1S/C13H21N5/c1-7(2)12-13(16-14)11-9-5-3-4-8(15-9)6-10(11)17-18-12/h8-9,15,17-18H,3-6,14H2,1-2H3. The number of hydrazone groups is 1. The normalized spacial score (nSPS) is 32.8. The smallest absolute Gasteiger partial charge is 0.114 e. The van der Waals surface area contributed by atoms with Gasteiger partial charge in [-0.25, -0.2) is 0 Å². The molecule has 18 heavy (non-hydrogen) atoms. The fourth-order valence-corrected chi connectivity index (χ4v) is 3.23. The third kappa shape index (κ3) is 1.70. The van der Waals surface area contributed by atoms with Gasteiger partial charge in [-0.3, -0.25) is 5.43 Å². The number of rotatable bonds is 0. The lowest BCUT2D eigenvalue weighted by Crippen LogP contribution is -2.55. The molecular formula is C13H21N5. The molecule has 0 aromatic rings. The summed E-state index contributed by atoms with van der Waals surface area (Å²) in [5.41, 5.74) is 12.2. The van der Waals surface area contributed by atoms with Crippen molar-refractivity contribution < 1.29 is 0 Å². The van der Waals surface area contributed by atoms with Crippen molar-refractivity contribution in [1.29, 1.82) is 0 Å². The van der Waals surface area contributed by atoms with Gasteiger partial charge >= 0.3 is 0 Å². The Morgan fingerprint density at radius 1 is 1.28 bits per heavy atom. The lowest BCUT2D eigenvalue weighted by molar-refractivity contribution is 0.317. The second kappa shape index (κ2) is 4.31. The van der Waals surface area contributed by atoms with Gasteiger partial charge in [0.05, 0.1) is 5.70 Å². The topological polar surface area (TPSA) is 74.5 Å². The molecule has 0 spiro atoms. The van der Waals surface area contributed by atoms with Crippen LogP contribution in [-0.4, -0.2) is 17.8 Å². The minimum absolute atomic E-state index is 0.402. The molecule has 2 atom stereocenters.